The molecule has 0 aromatic carbocycles. The second-order valence-corrected chi connectivity index (χ2v) is 20.9. The minimum Gasteiger partial charge on any atom is -0.181 e. The molecule has 0 amide bonds. The second-order valence-electron chi connectivity index (χ2n) is 1.10. The van der Waals surface area contributed by atoms with E-state index < -0.39 is 8.67 Å². The Morgan fingerprint density at radius 1 is 1.38 bits per heavy atom. The fourth-order valence-electron chi connectivity index (χ4n) is 0. The Balaban J connectivity index is 0. The Kier molecular flexibility index (Phi) is 18.5. The van der Waals surface area contributed by atoms with E-state index in [1.54, 1.807) is 0 Å². The minimum atomic E-state index is -0.701. The first-order valence-corrected chi connectivity index (χ1v) is 11.9. The predicted molar refractivity (Wildman–Crippen MR) is 52.8 cm³/mol. The molecule has 0 aliphatic rings. The van der Waals surface area contributed by atoms with Crippen molar-refractivity contribution in [2.24, 2.45) is 0 Å². The summed E-state index contributed by atoms with van der Waals surface area (Å²) >= 11 is 9.73. The maximum Gasteiger partial charge on any atom is 0.542 e. The molecule has 0 heterocycles. The van der Waals surface area contributed by atoms with Crippen molar-refractivity contribution >= 4 is 50.8 Å². The van der Waals surface area contributed by atoms with Crippen LogP contribution in [0.25, 0.3) is 0 Å². The average molecular weight is 324 g/mol. The lowest BCUT2D eigenvalue weighted by Gasteiger charge is -1.67. The van der Waals surface area contributed by atoms with Crippen molar-refractivity contribution in [3.05, 3.63) is 6.92 Å². The number of unbranched alkanes of at least 4 members (excludes halogenated alkanes) is 1. The molecule has 1 radical (unpaired) electrons. The normalized spacial score (nSPS) is 7.12. The lowest BCUT2D eigenvalue weighted by atomic mass is 10.4. The van der Waals surface area contributed by atoms with E-state index in [1.165, 1.54) is 6.42 Å². The van der Waals surface area contributed by atoms with Gasteiger partial charge in [0.05, 0.1) is 0 Å². The molecule has 0 spiro atoms. The van der Waals surface area contributed by atoms with E-state index in [0.717, 1.165) is 6.42 Å². The van der Waals surface area contributed by atoms with Gasteiger partial charge in [0.2, 0.25) is 0 Å². The van der Waals surface area contributed by atoms with Crippen molar-refractivity contribution in [1.82, 2.24) is 0 Å². The van der Waals surface area contributed by atoms with Gasteiger partial charge < -0.3 is 0 Å². The molecule has 0 aliphatic carbocycles. The highest BCUT2D eigenvalue weighted by molar-refractivity contribution is 9.69. The molecular formula is C4H9AlBr3. The van der Waals surface area contributed by atoms with E-state index in [-0.39, 0.29) is 0 Å². The summed E-state index contributed by atoms with van der Waals surface area (Å²) in [7, 11) is -0.701. The van der Waals surface area contributed by atoms with Crippen LogP contribution in [0.3, 0.4) is 0 Å². The van der Waals surface area contributed by atoms with Crippen LogP contribution in [-0.2, 0) is 0 Å². The first-order chi connectivity index (χ1) is 3.65. The fourth-order valence-corrected chi connectivity index (χ4v) is 0. The third kappa shape index (κ3) is 43.9. The molecule has 49 valence electrons. The standard InChI is InChI=1S/C4H9.Al.3BrH/c1-3-4-2;;;;/h1,3-4H2,2H3;;3*1H/q;+3;;;/p-3. The summed E-state index contributed by atoms with van der Waals surface area (Å²) in [5.41, 5.74) is 0. The lowest BCUT2D eigenvalue weighted by molar-refractivity contribution is 0.956. The number of rotatable bonds is 1. The van der Waals surface area contributed by atoms with E-state index in [9.17, 15) is 0 Å². The molecule has 0 unspecified atom stereocenters. The molecule has 0 rings (SSSR count). The van der Waals surface area contributed by atoms with Crippen LogP contribution in [0.1, 0.15) is 19.8 Å². The molecule has 0 saturated carbocycles. The van der Waals surface area contributed by atoms with E-state index in [1.807, 2.05) is 0 Å². The third-order valence-corrected chi connectivity index (χ3v) is 0.354. The van der Waals surface area contributed by atoms with Crippen molar-refractivity contribution in [3.8, 4) is 0 Å². The van der Waals surface area contributed by atoms with Gasteiger partial charge in [-0.2, -0.15) is 42.2 Å². The minimum absolute atomic E-state index is 0.701. The number of hydrogen-bond acceptors (Lipinski definition) is 0. The van der Waals surface area contributed by atoms with Crippen LogP contribution >= 0.6 is 42.2 Å². The fraction of sp³-hybridized carbons (Fsp3) is 0.750. The number of halogens is 3. The maximum absolute atomic E-state index is 3.60. The largest absolute Gasteiger partial charge is 0.542 e. The van der Waals surface area contributed by atoms with Crippen molar-refractivity contribution in [3.63, 3.8) is 0 Å². The van der Waals surface area contributed by atoms with E-state index in [2.05, 4.69) is 56.0 Å². The van der Waals surface area contributed by atoms with Crippen LogP contribution < -0.4 is 0 Å². The molecule has 4 heteroatoms. The van der Waals surface area contributed by atoms with Crippen LogP contribution in [-0.4, -0.2) is 8.67 Å². The Morgan fingerprint density at radius 2 is 1.50 bits per heavy atom. The van der Waals surface area contributed by atoms with Crippen LogP contribution in [0.4, 0.5) is 0 Å². The molecule has 0 N–H and O–H groups in total. The summed E-state index contributed by atoms with van der Waals surface area (Å²) in [6.45, 7) is 5.72. The highest BCUT2D eigenvalue weighted by Gasteiger charge is 1.95. The van der Waals surface area contributed by atoms with Gasteiger partial charge in [0.1, 0.15) is 0 Å². The van der Waals surface area contributed by atoms with Gasteiger partial charge in [0.15, 0.2) is 0 Å². The summed E-state index contributed by atoms with van der Waals surface area (Å²) in [5, 5.41) is 0. The highest BCUT2D eigenvalue weighted by atomic mass is 80.0. The summed E-state index contributed by atoms with van der Waals surface area (Å²) in [5.74, 6) is 0. The third-order valence-electron chi connectivity index (χ3n) is 0.354. The molecule has 0 fully saturated rings. The van der Waals surface area contributed by atoms with Crippen molar-refractivity contribution in [2.45, 2.75) is 19.8 Å². The average Bonchev–Trinajstić information content (AvgIpc) is 1.65. The van der Waals surface area contributed by atoms with Crippen LogP contribution in [0.5, 0.6) is 0 Å². The Hall–Kier alpha value is 1.97. The van der Waals surface area contributed by atoms with Crippen LogP contribution in [0.2, 0.25) is 0 Å². The van der Waals surface area contributed by atoms with Crippen LogP contribution in [0, 0.1) is 6.92 Å². The summed E-state index contributed by atoms with van der Waals surface area (Å²) in [6.07, 6.45) is 2.28. The van der Waals surface area contributed by atoms with Crippen LogP contribution in [0.15, 0.2) is 0 Å². The SMILES string of the molecule is [Br][Al]([Br])[Br].[CH2]CCC. The van der Waals surface area contributed by atoms with Crippen molar-refractivity contribution in [1.29, 1.82) is 0 Å². The lowest BCUT2D eigenvalue weighted by Crippen LogP contribution is -1.60. The smallest absolute Gasteiger partial charge is 0.181 e. The Labute approximate surface area is 76.8 Å². The maximum atomic E-state index is 3.60. The predicted octanol–water partition coefficient (Wildman–Crippen LogP) is 3.78. The van der Waals surface area contributed by atoms with Gasteiger partial charge >= 0.3 is 8.67 Å². The number of hydrogen-bond donors (Lipinski definition) is 0. The van der Waals surface area contributed by atoms with Gasteiger partial charge in [0, 0.05) is 0 Å². The zero-order valence-electron chi connectivity index (χ0n) is 4.83. The van der Waals surface area contributed by atoms with E-state index in [4.69, 9.17) is 0 Å². The van der Waals surface area contributed by atoms with E-state index in [0.29, 0.717) is 0 Å². The summed E-state index contributed by atoms with van der Waals surface area (Å²) in [4.78, 5) is 0. The molecule has 0 bridgehead atoms. The summed E-state index contributed by atoms with van der Waals surface area (Å²) < 4.78 is 0. The Bertz CT molecular complexity index is 27.7. The van der Waals surface area contributed by atoms with Gasteiger partial charge in [0.25, 0.3) is 0 Å². The molecule has 0 aliphatic heterocycles. The van der Waals surface area contributed by atoms with Gasteiger partial charge in [-0.05, 0) is 0 Å². The van der Waals surface area contributed by atoms with Gasteiger partial charge in [-0.15, -0.1) is 0 Å². The van der Waals surface area contributed by atoms with Crippen molar-refractivity contribution < 1.29 is 0 Å². The molecule has 0 atom stereocenters. The van der Waals surface area contributed by atoms with Gasteiger partial charge in [-0.3, -0.25) is 0 Å². The molecule has 0 aromatic rings. The second kappa shape index (κ2) is 11.7. The monoisotopic (exact) mass is 321 g/mol. The van der Waals surface area contributed by atoms with Gasteiger partial charge in [-0.1, -0.05) is 26.7 Å². The first-order valence-electron chi connectivity index (χ1n) is 2.36. The molecule has 0 saturated heterocycles. The topological polar surface area (TPSA) is 0 Å². The van der Waals surface area contributed by atoms with Gasteiger partial charge in [-0.25, -0.2) is 0 Å². The molecule has 0 aromatic heterocycles. The molecule has 0 nitrogen and oxygen atoms in total. The highest BCUT2D eigenvalue weighted by Crippen LogP contribution is 2.07. The molecule has 8 heavy (non-hydrogen) atoms. The zero-order valence-corrected chi connectivity index (χ0v) is 10.7. The zero-order chi connectivity index (χ0) is 6.99. The molecular weight excluding hydrogens is 315 g/mol. The summed E-state index contributed by atoms with van der Waals surface area (Å²) in [6, 6.07) is 0. The first kappa shape index (κ1) is 12.6. The van der Waals surface area contributed by atoms with Crippen molar-refractivity contribution in [2.75, 3.05) is 0 Å². The Morgan fingerprint density at radius 3 is 1.50 bits per heavy atom. The quantitative estimate of drug-likeness (QED) is 0.644. The van der Waals surface area contributed by atoms with E-state index >= 15 is 0 Å².